The lowest BCUT2D eigenvalue weighted by Crippen LogP contribution is -2.56. The Morgan fingerprint density at radius 2 is 1.95 bits per heavy atom. The molecule has 1 saturated heterocycles. The smallest absolute Gasteiger partial charge is 0.227 e. The Hall–Kier alpha value is -4.15. The van der Waals surface area contributed by atoms with Gasteiger partial charge in [0, 0.05) is 44.5 Å². The zero-order valence-corrected chi connectivity index (χ0v) is 21.3. The molecule has 10 nitrogen and oxygen atoms in total. The molecule has 4 aromatic rings. The van der Waals surface area contributed by atoms with Crippen LogP contribution in [0.15, 0.2) is 42.6 Å². The van der Waals surface area contributed by atoms with Crippen LogP contribution in [0.25, 0.3) is 27.1 Å². The molecule has 1 aliphatic heterocycles. The Morgan fingerprint density at radius 3 is 2.63 bits per heavy atom. The van der Waals surface area contributed by atoms with Gasteiger partial charge in [0.25, 0.3) is 0 Å². The number of benzene rings is 2. The summed E-state index contributed by atoms with van der Waals surface area (Å²) in [7, 11) is -1.81. The van der Waals surface area contributed by atoms with Gasteiger partial charge < -0.3 is 10.0 Å². The Balaban J connectivity index is 1.57. The number of rotatable bonds is 5. The molecule has 1 atom stereocenters. The molecule has 0 saturated carbocycles. The number of aryl methyl sites for hydroxylation is 1. The van der Waals surface area contributed by atoms with Crippen molar-refractivity contribution < 1.29 is 22.3 Å². The van der Waals surface area contributed by atoms with E-state index >= 15 is 0 Å². The van der Waals surface area contributed by atoms with E-state index in [1.165, 1.54) is 21.4 Å². The average Bonchev–Trinajstić information content (AvgIpc) is 3.22. The summed E-state index contributed by atoms with van der Waals surface area (Å²) < 4.78 is 56.2. The van der Waals surface area contributed by atoms with Crippen molar-refractivity contribution in [1.82, 2.24) is 24.1 Å². The molecular formula is C25H23F2N7O3S. The van der Waals surface area contributed by atoms with Gasteiger partial charge in [0.15, 0.2) is 23.0 Å². The van der Waals surface area contributed by atoms with Gasteiger partial charge in [0.2, 0.25) is 21.7 Å². The van der Waals surface area contributed by atoms with E-state index in [-0.39, 0.29) is 36.1 Å². The first-order chi connectivity index (χ1) is 18.1. The first kappa shape index (κ1) is 25.5. The van der Waals surface area contributed by atoms with Crippen LogP contribution >= 0.6 is 0 Å². The van der Waals surface area contributed by atoms with E-state index in [4.69, 9.17) is 6.57 Å². The van der Waals surface area contributed by atoms with Crippen molar-refractivity contribution >= 4 is 32.7 Å². The number of hydrogen-bond acceptors (Lipinski definition) is 7. The molecule has 1 aliphatic rings. The molecule has 196 valence electrons. The molecule has 0 radical (unpaired) electrons. The van der Waals surface area contributed by atoms with E-state index in [2.05, 4.69) is 19.9 Å². The van der Waals surface area contributed by atoms with Crippen LogP contribution in [0.5, 0.6) is 5.75 Å². The zero-order chi connectivity index (χ0) is 27.2. The maximum absolute atomic E-state index is 14.9. The molecule has 0 amide bonds. The number of phenols is 1. The van der Waals surface area contributed by atoms with E-state index in [9.17, 15) is 22.3 Å². The van der Waals surface area contributed by atoms with Gasteiger partial charge in [-0.15, -0.1) is 0 Å². The molecular weight excluding hydrogens is 516 g/mol. The lowest BCUT2D eigenvalue weighted by atomic mass is 10.0. The number of anilines is 1. The first-order valence-electron chi connectivity index (χ1n) is 11.6. The summed E-state index contributed by atoms with van der Waals surface area (Å²) in [6.45, 7) is 8.21. The molecule has 2 aromatic heterocycles. The second-order valence-corrected chi connectivity index (χ2v) is 11.0. The third-order valence-electron chi connectivity index (χ3n) is 6.58. The van der Waals surface area contributed by atoms with Crippen LogP contribution in [0.4, 0.5) is 20.4 Å². The summed E-state index contributed by atoms with van der Waals surface area (Å²) in [5, 5.41) is 14.4. The van der Waals surface area contributed by atoms with Crippen molar-refractivity contribution in [1.29, 1.82) is 0 Å². The predicted molar refractivity (Wildman–Crippen MR) is 137 cm³/mol. The zero-order valence-electron chi connectivity index (χ0n) is 20.5. The van der Waals surface area contributed by atoms with Crippen LogP contribution in [0.1, 0.15) is 5.56 Å². The number of nitrogens with zero attached hydrogens (tertiary/aromatic N) is 7. The Morgan fingerprint density at radius 1 is 1.21 bits per heavy atom. The number of piperazine rings is 1. The van der Waals surface area contributed by atoms with Crippen molar-refractivity contribution in [2.45, 2.75) is 12.5 Å². The summed E-state index contributed by atoms with van der Waals surface area (Å²) >= 11 is 0. The van der Waals surface area contributed by atoms with Crippen molar-refractivity contribution in [3.8, 4) is 17.0 Å². The molecule has 1 fully saturated rings. The fraction of sp³-hybridized carbons (Fsp3) is 0.280. The Bertz CT molecular complexity index is 1690. The molecule has 0 aliphatic carbocycles. The molecule has 3 heterocycles. The van der Waals surface area contributed by atoms with Crippen LogP contribution in [0.2, 0.25) is 0 Å². The van der Waals surface area contributed by atoms with Gasteiger partial charge in [-0.2, -0.15) is 14.4 Å². The maximum atomic E-state index is 14.9. The van der Waals surface area contributed by atoms with E-state index < -0.39 is 27.4 Å². The predicted octanol–water partition coefficient (Wildman–Crippen LogP) is 3.26. The van der Waals surface area contributed by atoms with Crippen molar-refractivity contribution in [3.63, 3.8) is 0 Å². The average molecular weight is 540 g/mol. The minimum Gasteiger partial charge on any atom is -0.503 e. The minimum atomic E-state index is -3.40. The van der Waals surface area contributed by atoms with Crippen LogP contribution < -0.4 is 4.90 Å². The van der Waals surface area contributed by atoms with E-state index in [0.29, 0.717) is 29.9 Å². The van der Waals surface area contributed by atoms with Crippen LogP contribution in [-0.4, -0.2) is 69.5 Å². The SMILES string of the molecule is [C-]#[N+]c1cc(F)c(O)c(F)c1-c1nn(C)c2nc(N3CCN(S(C)(=O)=O)C[C@H]3Cc3ccccc3)ncc12. The highest BCUT2D eigenvalue weighted by Crippen LogP contribution is 2.41. The third kappa shape index (κ3) is 4.52. The van der Waals surface area contributed by atoms with Crippen LogP contribution in [0.3, 0.4) is 0 Å². The van der Waals surface area contributed by atoms with Gasteiger partial charge >= 0.3 is 0 Å². The topological polar surface area (TPSA) is 109 Å². The van der Waals surface area contributed by atoms with Crippen molar-refractivity contribution in [3.05, 3.63) is 71.2 Å². The van der Waals surface area contributed by atoms with Crippen molar-refractivity contribution in [2.75, 3.05) is 30.8 Å². The molecule has 0 unspecified atom stereocenters. The summed E-state index contributed by atoms with van der Waals surface area (Å²) in [6.07, 6.45) is 3.18. The van der Waals surface area contributed by atoms with Crippen LogP contribution in [0, 0.1) is 18.2 Å². The van der Waals surface area contributed by atoms with E-state index in [1.54, 1.807) is 7.05 Å². The van der Waals surface area contributed by atoms with Gasteiger partial charge in [-0.3, -0.25) is 0 Å². The van der Waals surface area contributed by atoms with Gasteiger partial charge in [-0.05, 0) is 18.1 Å². The lowest BCUT2D eigenvalue weighted by molar-refractivity contribution is 0.330. The number of aromatic hydroxyl groups is 1. The molecule has 5 rings (SSSR count). The van der Waals surface area contributed by atoms with E-state index in [1.807, 2.05) is 35.2 Å². The van der Waals surface area contributed by atoms with Crippen LogP contribution in [-0.2, 0) is 23.5 Å². The molecule has 2 aromatic carbocycles. The highest BCUT2D eigenvalue weighted by molar-refractivity contribution is 7.88. The highest BCUT2D eigenvalue weighted by Gasteiger charge is 2.33. The fourth-order valence-electron chi connectivity index (χ4n) is 4.71. The quantitative estimate of drug-likeness (QED) is 0.388. The lowest BCUT2D eigenvalue weighted by Gasteiger charge is -2.40. The number of phenolic OH excluding ortho intramolecular Hbond substituents is 1. The normalized spacial score (nSPS) is 16.6. The monoisotopic (exact) mass is 539 g/mol. The number of aromatic nitrogens is 4. The van der Waals surface area contributed by atoms with E-state index in [0.717, 1.165) is 11.6 Å². The first-order valence-corrected chi connectivity index (χ1v) is 13.5. The summed E-state index contributed by atoms with van der Waals surface area (Å²) in [5.41, 5.74) is 0.662. The maximum Gasteiger partial charge on any atom is 0.227 e. The number of halogens is 2. The molecule has 1 N–H and O–H groups in total. The summed E-state index contributed by atoms with van der Waals surface area (Å²) in [6, 6.07) is 10.2. The van der Waals surface area contributed by atoms with Crippen molar-refractivity contribution in [2.24, 2.45) is 7.05 Å². The summed E-state index contributed by atoms with van der Waals surface area (Å²) in [5.74, 6) is -3.39. The Kier molecular flexibility index (Phi) is 6.46. The largest absolute Gasteiger partial charge is 0.503 e. The number of sulfonamides is 1. The molecule has 38 heavy (non-hydrogen) atoms. The minimum absolute atomic E-state index is 0.00409. The second kappa shape index (κ2) is 9.62. The summed E-state index contributed by atoms with van der Waals surface area (Å²) in [4.78, 5) is 14.3. The number of hydrogen-bond donors (Lipinski definition) is 1. The Labute approximate surface area is 217 Å². The molecule has 0 bridgehead atoms. The number of fused-ring (bicyclic) bond motifs is 1. The molecule has 13 heteroatoms. The van der Waals surface area contributed by atoms with Gasteiger partial charge in [-0.25, -0.2) is 31.7 Å². The van der Waals surface area contributed by atoms with Gasteiger partial charge in [0.05, 0.1) is 23.9 Å². The second-order valence-electron chi connectivity index (χ2n) is 9.06. The highest BCUT2D eigenvalue weighted by atomic mass is 32.2. The third-order valence-corrected chi connectivity index (χ3v) is 7.85. The molecule has 0 spiro atoms. The fourth-order valence-corrected chi connectivity index (χ4v) is 5.57. The van der Waals surface area contributed by atoms with Gasteiger partial charge in [-0.1, -0.05) is 30.3 Å². The standard InChI is InChI=1S/C25H23F2N7O3S/c1-28-19-12-18(26)23(35)21(27)20(19)22-17-13-29-25(30-24(17)32(2)31-22)34-10-9-33(38(3,36)37)14-16(34)11-15-7-5-4-6-8-15/h4-8,12-13,16,35H,9-11,14H2,2-3H3/t16-/m1/s1. The van der Waals surface area contributed by atoms with Gasteiger partial charge in [0.1, 0.15) is 0 Å².